The molecule has 0 aromatic heterocycles. The first-order valence-electron chi connectivity index (χ1n) is 1.56. The van der Waals surface area contributed by atoms with E-state index in [0.29, 0.717) is 5.92 Å². The second-order valence-corrected chi connectivity index (χ2v) is 1.39. The van der Waals surface area contributed by atoms with Crippen molar-refractivity contribution in [2.24, 2.45) is 5.92 Å². The summed E-state index contributed by atoms with van der Waals surface area (Å²) in [7, 11) is 0. The fraction of sp³-hybridized carbons (Fsp3) is 0.750. The van der Waals surface area contributed by atoms with Crippen LogP contribution in [0.4, 0.5) is 0 Å². The fourth-order valence-electron chi connectivity index (χ4n) is 0. The number of hydrogen-bond acceptors (Lipinski definition) is 0. The Bertz CT molecular complexity index is 4.75. The largest absolute Gasteiger partial charge is 0.341 e. The van der Waals surface area contributed by atoms with Gasteiger partial charge in [-0.25, -0.2) is 0 Å². The highest BCUT2D eigenvalue weighted by Crippen LogP contribution is 1.80. The molecule has 0 aliphatic rings. The Hall–Kier alpha value is 0. The van der Waals surface area contributed by atoms with Crippen molar-refractivity contribution in [1.82, 2.24) is 0 Å². The Morgan fingerprint density at radius 2 is 1.50 bits per heavy atom. The molecule has 26 valence electrons. The van der Waals surface area contributed by atoms with Crippen LogP contribution in [0, 0.1) is 12.8 Å². The van der Waals surface area contributed by atoms with Crippen molar-refractivity contribution in [2.45, 2.75) is 13.8 Å². The maximum atomic E-state index is 3.64. The van der Waals surface area contributed by atoms with E-state index in [2.05, 4.69) is 20.8 Å². The van der Waals surface area contributed by atoms with Gasteiger partial charge in [-0.3, -0.25) is 0 Å². The van der Waals surface area contributed by atoms with Gasteiger partial charge in [0, 0.05) is 0 Å². The highest BCUT2D eigenvalue weighted by atomic mass is 13.7. The summed E-state index contributed by atoms with van der Waals surface area (Å²) in [6.07, 6.45) is 0. The highest BCUT2D eigenvalue weighted by molar-refractivity contribution is 4.38. The van der Waals surface area contributed by atoms with E-state index in [1.54, 1.807) is 0 Å². The van der Waals surface area contributed by atoms with Gasteiger partial charge in [0.1, 0.15) is 0 Å². The molecule has 0 spiro atoms. The molecule has 0 N–H and O–H groups in total. The lowest BCUT2D eigenvalue weighted by atomic mass is 10.3. The van der Waals surface area contributed by atoms with Gasteiger partial charge in [0.15, 0.2) is 0 Å². The van der Waals surface area contributed by atoms with Crippen molar-refractivity contribution in [3.05, 3.63) is 6.92 Å². The van der Waals surface area contributed by atoms with Crippen LogP contribution in [0.2, 0.25) is 0 Å². The summed E-state index contributed by atoms with van der Waals surface area (Å²) in [5, 5.41) is 0. The zero-order valence-corrected chi connectivity index (χ0v) is 3.28. The molecular formula is C4H9-. The van der Waals surface area contributed by atoms with Gasteiger partial charge in [0.2, 0.25) is 0 Å². The Labute approximate surface area is 27.8 Å². The van der Waals surface area contributed by atoms with E-state index in [4.69, 9.17) is 0 Å². The average molecular weight is 57.1 g/mol. The van der Waals surface area contributed by atoms with Gasteiger partial charge in [0.25, 0.3) is 0 Å². The summed E-state index contributed by atoms with van der Waals surface area (Å²) in [6, 6.07) is 0. The van der Waals surface area contributed by atoms with Gasteiger partial charge in [-0.1, -0.05) is 13.8 Å². The van der Waals surface area contributed by atoms with Crippen molar-refractivity contribution in [3.63, 3.8) is 0 Å². The van der Waals surface area contributed by atoms with Crippen LogP contribution in [0.3, 0.4) is 0 Å². The molecule has 0 aromatic rings. The van der Waals surface area contributed by atoms with E-state index in [9.17, 15) is 0 Å². The molecule has 0 fully saturated rings. The van der Waals surface area contributed by atoms with Crippen LogP contribution in [0.25, 0.3) is 0 Å². The second-order valence-electron chi connectivity index (χ2n) is 1.39. The van der Waals surface area contributed by atoms with E-state index in [0.717, 1.165) is 0 Å². The smallest absolute Gasteiger partial charge is 0.0903 e. The molecule has 0 aliphatic heterocycles. The molecule has 0 rings (SSSR count). The number of hydrogen-bond donors (Lipinski definition) is 0. The third kappa shape index (κ3) is 0. The van der Waals surface area contributed by atoms with Gasteiger partial charge in [0.05, 0.1) is 0 Å². The predicted molar refractivity (Wildman–Crippen MR) is 20.2 cm³/mol. The molecule has 0 heterocycles. The Kier molecular flexibility index (Phi) is 1.33. The predicted octanol–water partition coefficient (Wildman–Crippen LogP) is 1.48. The first-order valence-corrected chi connectivity index (χ1v) is 1.56. The van der Waals surface area contributed by atoms with Gasteiger partial charge >= 0.3 is 0 Å². The van der Waals surface area contributed by atoms with Crippen LogP contribution in [0.15, 0.2) is 0 Å². The first kappa shape index (κ1) is 4.00. The Morgan fingerprint density at radius 1 is 1.50 bits per heavy atom. The van der Waals surface area contributed by atoms with Crippen LogP contribution in [0.1, 0.15) is 13.8 Å². The van der Waals surface area contributed by atoms with Crippen molar-refractivity contribution in [1.29, 1.82) is 0 Å². The zero-order valence-electron chi connectivity index (χ0n) is 3.28. The quantitative estimate of drug-likeness (QED) is 0.369. The van der Waals surface area contributed by atoms with Crippen molar-refractivity contribution >= 4 is 0 Å². The van der Waals surface area contributed by atoms with E-state index in [1.807, 2.05) is 0 Å². The van der Waals surface area contributed by atoms with E-state index >= 15 is 0 Å². The molecule has 0 aliphatic carbocycles. The first-order chi connectivity index (χ1) is 1.73. The molecule has 0 radical (unpaired) electrons. The minimum absolute atomic E-state index is 0.583. The van der Waals surface area contributed by atoms with Gasteiger partial charge in [-0.15, -0.1) is 0 Å². The van der Waals surface area contributed by atoms with E-state index < -0.39 is 0 Å². The monoisotopic (exact) mass is 57.1 g/mol. The molecule has 0 unspecified atom stereocenters. The minimum atomic E-state index is 0.583. The third-order valence-corrected chi connectivity index (χ3v) is 0. The van der Waals surface area contributed by atoms with Crippen molar-refractivity contribution in [3.8, 4) is 0 Å². The molecule has 0 atom stereocenters. The highest BCUT2D eigenvalue weighted by Gasteiger charge is 1.56. The molecule has 0 saturated carbocycles. The molecule has 0 aromatic carbocycles. The van der Waals surface area contributed by atoms with Crippen LogP contribution in [0.5, 0.6) is 0 Å². The second kappa shape index (κ2) is 1.33. The van der Waals surface area contributed by atoms with Crippen LogP contribution in [-0.2, 0) is 0 Å². The summed E-state index contributed by atoms with van der Waals surface area (Å²) < 4.78 is 0. The van der Waals surface area contributed by atoms with Crippen LogP contribution >= 0.6 is 0 Å². The summed E-state index contributed by atoms with van der Waals surface area (Å²) in [5.41, 5.74) is 0. The Balaban J connectivity index is 2.32. The molecule has 0 amide bonds. The number of rotatable bonds is 0. The van der Waals surface area contributed by atoms with E-state index in [-0.39, 0.29) is 0 Å². The third-order valence-electron chi connectivity index (χ3n) is 0. The minimum Gasteiger partial charge on any atom is -0.341 e. The zero-order chi connectivity index (χ0) is 3.58. The van der Waals surface area contributed by atoms with Crippen molar-refractivity contribution < 1.29 is 0 Å². The molecule has 0 heteroatoms. The standard InChI is InChI=1S/C4H9/c1-4(2)3/h4H,1H2,2-3H3/q-1. The SMILES string of the molecule is [CH2-]C(C)C. The average Bonchev–Trinajstić information content (AvgIpc) is 0.811. The molecule has 0 saturated heterocycles. The fourth-order valence-corrected chi connectivity index (χ4v) is 0. The topological polar surface area (TPSA) is 0 Å². The lowest BCUT2D eigenvalue weighted by molar-refractivity contribution is 0.827. The lowest BCUT2D eigenvalue weighted by Gasteiger charge is -1.91. The maximum absolute atomic E-state index is 3.64. The summed E-state index contributed by atoms with van der Waals surface area (Å²) in [6.45, 7) is 7.75. The van der Waals surface area contributed by atoms with E-state index in [1.165, 1.54) is 0 Å². The van der Waals surface area contributed by atoms with Crippen LogP contribution in [-0.4, -0.2) is 0 Å². The lowest BCUT2D eigenvalue weighted by Crippen LogP contribution is -1.67. The maximum Gasteiger partial charge on any atom is -0.0903 e. The molecule has 0 bridgehead atoms. The van der Waals surface area contributed by atoms with Crippen molar-refractivity contribution in [2.75, 3.05) is 0 Å². The summed E-state index contributed by atoms with van der Waals surface area (Å²) in [5.74, 6) is 0.583. The summed E-state index contributed by atoms with van der Waals surface area (Å²) >= 11 is 0. The molecular weight excluding hydrogens is 48.0 g/mol. The molecule has 0 nitrogen and oxygen atoms in total. The van der Waals surface area contributed by atoms with Crippen LogP contribution < -0.4 is 0 Å². The molecule has 4 heavy (non-hydrogen) atoms. The van der Waals surface area contributed by atoms with Gasteiger partial charge in [-0.2, -0.15) is 5.92 Å². The Morgan fingerprint density at radius 3 is 1.50 bits per heavy atom. The normalized spacial score (nSPS) is 9.00. The van der Waals surface area contributed by atoms with Gasteiger partial charge in [-0.05, 0) is 0 Å². The van der Waals surface area contributed by atoms with Gasteiger partial charge < -0.3 is 6.92 Å². The summed E-state index contributed by atoms with van der Waals surface area (Å²) in [4.78, 5) is 0.